The summed E-state index contributed by atoms with van der Waals surface area (Å²) in [6.07, 6.45) is 5.88. The molecule has 1 aromatic carbocycles. The van der Waals surface area contributed by atoms with Crippen LogP contribution in [0, 0.1) is 5.41 Å². The Hall–Kier alpha value is -1.55. The minimum atomic E-state index is -0.735. The van der Waals surface area contributed by atoms with Gasteiger partial charge in [0.05, 0.1) is 5.41 Å². The summed E-state index contributed by atoms with van der Waals surface area (Å²) >= 11 is 5.94. The van der Waals surface area contributed by atoms with E-state index in [0.717, 1.165) is 25.7 Å². The maximum absolute atomic E-state index is 11.8. The largest absolute Gasteiger partial charge is 0.481 e. The molecule has 1 saturated carbocycles. The van der Waals surface area contributed by atoms with E-state index in [2.05, 4.69) is 4.98 Å². The van der Waals surface area contributed by atoms with Crippen LogP contribution in [0.1, 0.15) is 44.4 Å². The molecule has 2 aromatic rings. The third-order valence-corrected chi connectivity index (χ3v) is 4.63. The summed E-state index contributed by atoms with van der Waals surface area (Å²) < 4.78 is 5.71. The van der Waals surface area contributed by atoms with E-state index in [9.17, 15) is 9.90 Å². The number of aromatic nitrogens is 1. The number of benzene rings is 1. The molecule has 0 saturated heterocycles. The third-order valence-electron chi connectivity index (χ3n) is 4.40. The molecule has 5 heteroatoms. The first-order valence-electron chi connectivity index (χ1n) is 7.37. The van der Waals surface area contributed by atoms with E-state index in [1.807, 2.05) is 0 Å². The third kappa shape index (κ3) is 2.91. The van der Waals surface area contributed by atoms with Gasteiger partial charge < -0.3 is 9.52 Å². The molecule has 1 heterocycles. The first-order valence-corrected chi connectivity index (χ1v) is 7.75. The highest BCUT2D eigenvalue weighted by molar-refractivity contribution is 6.31. The van der Waals surface area contributed by atoms with Crippen molar-refractivity contribution in [2.24, 2.45) is 5.41 Å². The van der Waals surface area contributed by atoms with Gasteiger partial charge in [-0.2, -0.15) is 0 Å². The number of hydrogen-bond donors (Lipinski definition) is 1. The van der Waals surface area contributed by atoms with E-state index in [4.69, 9.17) is 16.0 Å². The van der Waals surface area contributed by atoms with Crippen LogP contribution in [-0.4, -0.2) is 16.1 Å². The molecule has 0 unspecified atom stereocenters. The fourth-order valence-electron chi connectivity index (χ4n) is 3.18. The molecule has 3 rings (SSSR count). The average Bonchev–Trinajstić information content (AvgIpc) is 2.67. The summed E-state index contributed by atoms with van der Waals surface area (Å²) in [4.78, 5) is 16.2. The average molecular weight is 308 g/mol. The van der Waals surface area contributed by atoms with E-state index < -0.39 is 11.4 Å². The standard InChI is InChI=1S/C16H18ClNO3/c17-11-5-6-13-12(9-11)18-14(21-13)10-16(15(19)20)7-3-1-2-4-8-16/h5-6,9H,1-4,7-8,10H2,(H,19,20). The summed E-state index contributed by atoms with van der Waals surface area (Å²) in [5.41, 5.74) is 0.608. The lowest BCUT2D eigenvalue weighted by molar-refractivity contribution is -0.150. The zero-order valence-electron chi connectivity index (χ0n) is 11.8. The van der Waals surface area contributed by atoms with E-state index in [-0.39, 0.29) is 0 Å². The second kappa shape index (κ2) is 5.68. The Balaban J connectivity index is 1.91. The number of carbonyl (C=O) groups is 1. The number of aliphatic carboxylic acids is 1. The van der Waals surface area contributed by atoms with Crippen molar-refractivity contribution in [2.45, 2.75) is 44.9 Å². The van der Waals surface area contributed by atoms with Crippen LogP contribution in [0.5, 0.6) is 0 Å². The highest BCUT2D eigenvalue weighted by atomic mass is 35.5. The van der Waals surface area contributed by atoms with Crippen LogP contribution in [0.3, 0.4) is 0 Å². The topological polar surface area (TPSA) is 63.3 Å². The van der Waals surface area contributed by atoms with Gasteiger partial charge in [0.15, 0.2) is 11.5 Å². The summed E-state index contributed by atoms with van der Waals surface area (Å²) in [6.45, 7) is 0. The normalized spacial score (nSPS) is 18.5. The second-order valence-corrected chi connectivity index (χ2v) is 6.33. The fourth-order valence-corrected chi connectivity index (χ4v) is 3.35. The highest BCUT2D eigenvalue weighted by Gasteiger charge is 2.40. The molecule has 0 aliphatic heterocycles. The monoisotopic (exact) mass is 307 g/mol. The lowest BCUT2D eigenvalue weighted by Crippen LogP contribution is -2.33. The molecule has 112 valence electrons. The number of hydrogen-bond acceptors (Lipinski definition) is 3. The maximum Gasteiger partial charge on any atom is 0.310 e. The van der Waals surface area contributed by atoms with Gasteiger partial charge in [0.2, 0.25) is 0 Å². The van der Waals surface area contributed by atoms with Gasteiger partial charge in [0.1, 0.15) is 5.52 Å². The van der Waals surface area contributed by atoms with Crippen molar-refractivity contribution in [3.05, 3.63) is 29.1 Å². The molecule has 1 aromatic heterocycles. The Kier molecular flexibility index (Phi) is 3.89. The number of rotatable bonds is 3. The molecule has 1 aliphatic rings. The molecule has 0 amide bonds. The van der Waals surface area contributed by atoms with Gasteiger partial charge in [-0.3, -0.25) is 4.79 Å². The van der Waals surface area contributed by atoms with Crippen LogP contribution in [0.4, 0.5) is 0 Å². The summed E-state index contributed by atoms with van der Waals surface area (Å²) in [6, 6.07) is 5.26. The predicted molar refractivity (Wildman–Crippen MR) is 80.5 cm³/mol. The van der Waals surface area contributed by atoms with Crippen molar-refractivity contribution in [2.75, 3.05) is 0 Å². The smallest absolute Gasteiger partial charge is 0.310 e. The van der Waals surface area contributed by atoms with E-state index >= 15 is 0 Å². The zero-order chi connectivity index (χ0) is 14.9. The minimum Gasteiger partial charge on any atom is -0.481 e. The van der Waals surface area contributed by atoms with Crippen molar-refractivity contribution in [3.63, 3.8) is 0 Å². The molecular weight excluding hydrogens is 290 g/mol. The van der Waals surface area contributed by atoms with E-state index in [1.165, 1.54) is 0 Å². The van der Waals surface area contributed by atoms with Crippen molar-refractivity contribution < 1.29 is 14.3 Å². The van der Waals surface area contributed by atoms with Crippen LogP contribution >= 0.6 is 11.6 Å². The van der Waals surface area contributed by atoms with E-state index in [1.54, 1.807) is 18.2 Å². The van der Waals surface area contributed by atoms with Crippen LogP contribution in [0.25, 0.3) is 11.1 Å². The molecule has 1 aliphatic carbocycles. The lowest BCUT2D eigenvalue weighted by Gasteiger charge is -2.26. The van der Waals surface area contributed by atoms with Gasteiger partial charge in [-0.1, -0.05) is 37.3 Å². The van der Waals surface area contributed by atoms with Crippen LogP contribution < -0.4 is 0 Å². The Morgan fingerprint density at radius 2 is 2.00 bits per heavy atom. The first-order chi connectivity index (χ1) is 10.1. The molecule has 0 radical (unpaired) electrons. The van der Waals surface area contributed by atoms with Crippen LogP contribution in [0.15, 0.2) is 22.6 Å². The van der Waals surface area contributed by atoms with E-state index in [0.29, 0.717) is 41.3 Å². The number of fused-ring (bicyclic) bond motifs is 1. The van der Waals surface area contributed by atoms with Crippen molar-refractivity contribution in [3.8, 4) is 0 Å². The molecular formula is C16H18ClNO3. The molecule has 0 atom stereocenters. The number of carboxylic acids is 1. The van der Waals surface area contributed by atoms with Crippen molar-refractivity contribution in [1.29, 1.82) is 0 Å². The van der Waals surface area contributed by atoms with Crippen molar-refractivity contribution >= 4 is 28.7 Å². The van der Waals surface area contributed by atoms with Crippen LogP contribution in [0.2, 0.25) is 5.02 Å². The summed E-state index contributed by atoms with van der Waals surface area (Å²) in [7, 11) is 0. The maximum atomic E-state index is 11.8. The molecule has 21 heavy (non-hydrogen) atoms. The Morgan fingerprint density at radius 1 is 1.29 bits per heavy atom. The summed E-state index contributed by atoms with van der Waals surface area (Å²) in [5.74, 6) is -0.235. The van der Waals surface area contributed by atoms with Gasteiger partial charge in [-0.15, -0.1) is 0 Å². The molecule has 1 N–H and O–H groups in total. The molecule has 1 fully saturated rings. The molecule has 0 bridgehead atoms. The number of nitrogens with zero attached hydrogens (tertiary/aromatic N) is 1. The first kappa shape index (κ1) is 14.4. The van der Waals surface area contributed by atoms with Crippen molar-refractivity contribution in [1.82, 2.24) is 4.98 Å². The summed E-state index contributed by atoms with van der Waals surface area (Å²) in [5, 5.41) is 10.3. The Bertz CT molecular complexity index is 657. The lowest BCUT2D eigenvalue weighted by atomic mass is 9.77. The molecule has 0 spiro atoms. The molecule has 4 nitrogen and oxygen atoms in total. The Morgan fingerprint density at radius 3 is 2.67 bits per heavy atom. The van der Waals surface area contributed by atoms with Crippen LogP contribution in [-0.2, 0) is 11.2 Å². The quantitative estimate of drug-likeness (QED) is 0.851. The highest BCUT2D eigenvalue weighted by Crippen LogP contribution is 2.38. The zero-order valence-corrected chi connectivity index (χ0v) is 12.5. The fraction of sp³-hybridized carbons (Fsp3) is 0.500. The SMILES string of the molecule is O=C(O)C1(Cc2nc3cc(Cl)ccc3o2)CCCCCC1. The Labute approximate surface area is 128 Å². The van der Waals surface area contributed by atoms with Gasteiger partial charge in [-0.25, -0.2) is 4.98 Å². The number of oxazole rings is 1. The minimum absolute atomic E-state index is 0.356. The van der Waals surface area contributed by atoms with Gasteiger partial charge in [0.25, 0.3) is 0 Å². The second-order valence-electron chi connectivity index (χ2n) is 5.90. The van der Waals surface area contributed by atoms with Gasteiger partial charge in [-0.05, 0) is 31.0 Å². The number of carboxylic acid groups (broad SMARTS) is 1. The van der Waals surface area contributed by atoms with Gasteiger partial charge in [0, 0.05) is 11.4 Å². The van der Waals surface area contributed by atoms with Gasteiger partial charge >= 0.3 is 5.97 Å². The number of halogens is 1. The predicted octanol–water partition coefficient (Wildman–Crippen LogP) is 4.45.